The van der Waals surface area contributed by atoms with Crippen LogP contribution in [0, 0.1) is 0 Å². The van der Waals surface area contributed by atoms with E-state index in [0.717, 1.165) is 12.1 Å². The van der Waals surface area contributed by atoms with Gasteiger partial charge in [0.25, 0.3) is 0 Å². The zero-order valence-corrected chi connectivity index (χ0v) is 7.96. The fourth-order valence-corrected chi connectivity index (χ4v) is 1.28. The minimum absolute atomic E-state index is 0.123. The summed E-state index contributed by atoms with van der Waals surface area (Å²) in [6, 6.07) is 4.86. The number of benzene rings is 1. The predicted octanol–water partition coefficient (Wildman–Crippen LogP) is 1.74. The Balaban J connectivity index is 3.02. The smallest absolute Gasteiger partial charge is 0.396 e. The van der Waals surface area contributed by atoms with Crippen LogP contribution >= 0.6 is 0 Å². The first-order chi connectivity index (χ1) is 6.99. The Morgan fingerprint density at radius 3 is 2.47 bits per heavy atom. The van der Waals surface area contributed by atoms with Crippen molar-refractivity contribution < 1.29 is 18.3 Å². The molecule has 1 aromatic carbocycles. The van der Waals surface area contributed by atoms with Gasteiger partial charge in [-0.2, -0.15) is 13.2 Å². The highest BCUT2D eigenvalue weighted by Crippen LogP contribution is 2.30. The molecule has 0 saturated heterocycles. The second-order valence-electron chi connectivity index (χ2n) is 3.24. The molecule has 2 nitrogen and oxygen atoms in total. The molecule has 1 atom stereocenters. The first kappa shape index (κ1) is 12.0. The van der Waals surface area contributed by atoms with Crippen LogP contribution in [0.3, 0.4) is 0 Å². The average Bonchev–Trinajstić information content (AvgIpc) is 2.19. The van der Waals surface area contributed by atoms with E-state index in [-0.39, 0.29) is 13.2 Å². The van der Waals surface area contributed by atoms with E-state index in [1.54, 1.807) is 0 Å². The van der Waals surface area contributed by atoms with Gasteiger partial charge in [0.2, 0.25) is 0 Å². The monoisotopic (exact) mass is 219 g/mol. The van der Waals surface area contributed by atoms with Crippen LogP contribution in [0.5, 0.6) is 0 Å². The highest BCUT2D eigenvalue weighted by Gasteiger charge is 2.30. The van der Waals surface area contributed by atoms with E-state index in [1.165, 1.54) is 12.1 Å². The van der Waals surface area contributed by atoms with Crippen molar-refractivity contribution in [3.05, 3.63) is 35.4 Å². The third kappa shape index (κ3) is 2.94. The molecule has 0 aliphatic carbocycles. The molecule has 0 heterocycles. The van der Waals surface area contributed by atoms with Crippen molar-refractivity contribution in [2.75, 3.05) is 13.2 Å². The Labute approximate surface area is 85.5 Å². The number of aliphatic hydroxyl groups is 1. The fourth-order valence-electron chi connectivity index (χ4n) is 1.28. The Hall–Kier alpha value is -1.07. The zero-order chi connectivity index (χ0) is 11.5. The summed E-state index contributed by atoms with van der Waals surface area (Å²) in [5.41, 5.74) is 5.03. The van der Waals surface area contributed by atoms with Crippen molar-refractivity contribution in [1.82, 2.24) is 0 Å². The summed E-state index contributed by atoms with van der Waals surface area (Å²) < 4.78 is 37.0. The van der Waals surface area contributed by atoms with Crippen molar-refractivity contribution in [3.63, 3.8) is 0 Å². The van der Waals surface area contributed by atoms with Gasteiger partial charge in [-0.15, -0.1) is 0 Å². The molecule has 0 saturated carbocycles. The molecule has 0 aliphatic rings. The minimum atomic E-state index is -4.36. The van der Waals surface area contributed by atoms with E-state index in [1.807, 2.05) is 0 Å². The van der Waals surface area contributed by atoms with E-state index >= 15 is 0 Å². The number of rotatable bonds is 3. The molecule has 3 N–H and O–H groups in total. The van der Waals surface area contributed by atoms with Gasteiger partial charge in [0.15, 0.2) is 0 Å². The second kappa shape index (κ2) is 4.63. The SMILES string of the molecule is NCC(CO)c1cccc(C(F)(F)F)c1. The molecule has 1 unspecified atom stereocenters. The van der Waals surface area contributed by atoms with E-state index in [2.05, 4.69) is 0 Å². The summed E-state index contributed by atoms with van der Waals surface area (Å²) in [6.45, 7) is -0.129. The van der Waals surface area contributed by atoms with Gasteiger partial charge in [0, 0.05) is 12.5 Å². The summed E-state index contributed by atoms with van der Waals surface area (Å²) in [4.78, 5) is 0. The lowest BCUT2D eigenvalue weighted by Crippen LogP contribution is -2.17. The van der Waals surface area contributed by atoms with Gasteiger partial charge >= 0.3 is 6.18 Å². The van der Waals surface area contributed by atoms with E-state index in [4.69, 9.17) is 10.8 Å². The summed E-state index contributed by atoms with van der Waals surface area (Å²) in [6.07, 6.45) is -4.36. The maximum atomic E-state index is 12.3. The van der Waals surface area contributed by atoms with E-state index < -0.39 is 17.7 Å². The Bertz CT molecular complexity index is 321. The van der Waals surface area contributed by atoms with Crippen molar-refractivity contribution in [3.8, 4) is 0 Å². The zero-order valence-electron chi connectivity index (χ0n) is 7.96. The topological polar surface area (TPSA) is 46.2 Å². The third-order valence-corrected chi connectivity index (χ3v) is 2.19. The standard InChI is InChI=1S/C10H12F3NO/c11-10(12,13)9-3-1-2-7(4-9)8(5-14)6-15/h1-4,8,15H,5-6,14H2. The van der Waals surface area contributed by atoms with Gasteiger partial charge in [-0.3, -0.25) is 0 Å². The van der Waals surface area contributed by atoms with Crippen LogP contribution in [0.15, 0.2) is 24.3 Å². The summed E-state index contributed by atoms with van der Waals surface area (Å²) in [5, 5.41) is 8.91. The molecule has 84 valence electrons. The first-order valence-corrected chi connectivity index (χ1v) is 4.47. The van der Waals surface area contributed by atoms with Crippen LogP contribution in [0.2, 0.25) is 0 Å². The molecule has 0 aliphatic heterocycles. The summed E-state index contributed by atoms with van der Waals surface area (Å²) >= 11 is 0. The molecule has 1 rings (SSSR count). The van der Waals surface area contributed by atoms with Gasteiger partial charge < -0.3 is 10.8 Å². The average molecular weight is 219 g/mol. The molecule has 15 heavy (non-hydrogen) atoms. The molecule has 0 radical (unpaired) electrons. The second-order valence-corrected chi connectivity index (χ2v) is 3.24. The van der Waals surface area contributed by atoms with Crippen molar-refractivity contribution in [2.24, 2.45) is 5.73 Å². The molecular weight excluding hydrogens is 207 g/mol. The van der Waals surface area contributed by atoms with Gasteiger partial charge in [-0.25, -0.2) is 0 Å². The third-order valence-electron chi connectivity index (χ3n) is 2.19. The van der Waals surface area contributed by atoms with Crippen molar-refractivity contribution in [1.29, 1.82) is 0 Å². The number of nitrogens with two attached hydrogens (primary N) is 1. The molecule has 5 heteroatoms. The molecular formula is C10H12F3NO. The molecule has 0 spiro atoms. The Morgan fingerprint density at radius 1 is 1.33 bits per heavy atom. The van der Waals surface area contributed by atoms with E-state index in [0.29, 0.717) is 5.56 Å². The lowest BCUT2D eigenvalue weighted by molar-refractivity contribution is -0.137. The largest absolute Gasteiger partial charge is 0.416 e. The minimum Gasteiger partial charge on any atom is -0.396 e. The lowest BCUT2D eigenvalue weighted by Gasteiger charge is -2.14. The molecule has 0 amide bonds. The number of aliphatic hydroxyl groups excluding tert-OH is 1. The summed E-state index contributed by atoms with van der Waals surface area (Å²) in [5.74, 6) is -0.438. The van der Waals surface area contributed by atoms with Crippen LogP contribution in [-0.2, 0) is 6.18 Å². The summed E-state index contributed by atoms with van der Waals surface area (Å²) in [7, 11) is 0. The first-order valence-electron chi connectivity index (χ1n) is 4.47. The highest BCUT2D eigenvalue weighted by molar-refractivity contribution is 5.28. The Kier molecular flexibility index (Phi) is 3.71. The lowest BCUT2D eigenvalue weighted by atomic mass is 9.98. The number of hydrogen-bond donors (Lipinski definition) is 2. The van der Waals surface area contributed by atoms with Gasteiger partial charge in [-0.05, 0) is 11.6 Å². The van der Waals surface area contributed by atoms with Crippen molar-refractivity contribution >= 4 is 0 Å². The highest BCUT2D eigenvalue weighted by atomic mass is 19.4. The van der Waals surface area contributed by atoms with Gasteiger partial charge in [-0.1, -0.05) is 18.2 Å². The van der Waals surface area contributed by atoms with Crippen LogP contribution in [0.4, 0.5) is 13.2 Å². The fraction of sp³-hybridized carbons (Fsp3) is 0.400. The Morgan fingerprint density at radius 2 is 2.00 bits per heavy atom. The predicted molar refractivity (Wildman–Crippen MR) is 50.3 cm³/mol. The number of alkyl halides is 3. The maximum Gasteiger partial charge on any atom is 0.416 e. The van der Waals surface area contributed by atoms with Crippen LogP contribution in [0.25, 0.3) is 0 Å². The normalized spacial score (nSPS) is 13.9. The van der Waals surface area contributed by atoms with E-state index in [9.17, 15) is 13.2 Å². The van der Waals surface area contributed by atoms with Gasteiger partial charge in [0.1, 0.15) is 0 Å². The number of hydrogen-bond acceptors (Lipinski definition) is 2. The van der Waals surface area contributed by atoms with Crippen LogP contribution in [0.1, 0.15) is 17.0 Å². The maximum absolute atomic E-state index is 12.3. The van der Waals surface area contributed by atoms with Gasteiger partial charge in [0.05, 0.1) is 12.2 Å². The van der Waals surface area contributed by atoms with Crippen LogP contribution < -0.4 is 5.73 Å². The van der Waals surface area contributed by atoms with Crippen molar-refractivity contribution in [2.45, 2.75) is 12.1 Å². The molecule has 1 aromatic rings. The molecule has 0 aromatic heterocycles. The molecule has 0 bridgehead atoms. The molecule has 0 fully saturated rings. The number of halogens is 3. The van der Waals surface area contributed by atoms with Crippen LogP contribution in [-0.4, -0.2) is 18.3 Å². The quantitative estimate of drug-likeness (QED) is 0.813.